The van der Waals surface area contributed by atoms with Crippen molar-refractivity contribution in [3.63, 3.8) is 0 Å². The van der Waals surface area contributed by atoms with E-state index in [0.29, 0.717) is 17.4 Å². The Morgan fingerprint density at radius 3 is 0.877 bits per heavy atom. The molecule has 0 aliphatic carbocycles. The summed E-state index contributed by atoms with van der Waals surface area (Å²) in [6.45, 7) is 4.96. The largest absolute Gasteiger partial charge is 0.477 e. The van der Waals surface area contributed by atoms with Gasteiger partial charge in [-0.2, -0.15) is 0 Å². The zero-order chi connectivity index (χ0) is 53.4. The highest BCUT2D eigenvalue weighted by Crippen LogP contribution is 2.19. The van der Waals surface area contributed by atoms with Crippen molar-refractivity contribution < 1.29 is 42.9 Å². The third-order valence-electron chi connectivity index (χ3n) is 14.9. The molecule has 0 amide bonds. The summed E-state index contributed by atoms with van der Waals surface area (Å²) in [5.74, 6) is -1.97. The molecule has 434 valence electrons. The summed E-state index contributed by atoms with van der Waals surface area (Å²) >= 11 is 0. The number of esters is 2. The molecule has 9 nitrogen and oxygen atoms in total. The first-order valence-corrected chi connectivity index (χ1v) is 32.2. The first-order chi connectivity index (χ1) is 35.6. The number of unbranched alkanes of at least 4 members (excludes halogenated alkanes) is 46. The van der Waals surface area contributed by atoms with Crippen LogP contribution in [0.4, 0.5) is 0 Å². The summed E-state index contributed by atoms with van der Waals surface area (Å²) in [6, 6.07) is 0. The topological polar surface area (TPSA) is 108 Å². The van der Waals surface area contributed by atoms with Crippen LogP contribution in [0.1, 0.15) is 335 Å². The highest BCUT2D eigenvalue weighted by atomic mass is 16.7. The van der Waals surface area contributed by atoms with Gasteiger partial charge in [0.15, 0.2) is 6.10 Å². The fourth-order valence-electron chi connectivity index (χ4n) is 9.90. The molecule has 2 atom stereocenters. The SMILES string of the molecule is CCCCCCCCCCCCCCCCCCCCCCCCCCC(=O)OCC(COC(OCC[N+](C)(C)C)C(=O)O)OC(=O)CCCCCCCCCCCCCCCCCCCCCCCCCC. The number of hydrogen-bond donors (Lipinski definition) is 1. The molecular formula is C64H126NO8+. The summed E-state index contributed by atoms with van der Waals surface area (Å²) < 4.78 is 23.0. The third kappa shape index (κ3) is 57.8. The molecule has 2 unspecified atom stereocenters. The second-order valence-corrected chi connectivity index (χ2v) is 23.4. The quantitative estimate of drug-likeness (QED) is 0.0278. The summed E-state index contributed by atoms with van der Waals surface area (Å²) in [5.41, 5.74) is 0. The van der Waals surface area contributed by atoms with Crippen molar-refractivity contribution in [2.75, 3.05) is 47.5 Å². The minimum atomic E-state index is -1.50. The maximum atomic E-state index is 12.9. The van der Waals surface area contributed by atoms with Gasteiger partial charge in [-0.05, 0) is 12.8 Å². The number of likely N-dealkylation sites (N-methyl/N-ethyl adjacent to an activating group) is 1. The van der Waals surface area contributed by atoms with Crippen LogP contribution in [0.15, 0.2) is 0 Å². The van der Waals surface area contributed by atoms with E-state index >= 15 is 0 Å². The maximum absolute atomic E-state index is 12.9. The van der Waals surface area contributed by atoms with Crippen molar-refractivity contribution in [1.82, 2.24) is 0 Å². The Morgan fingerprint density at radius 1 is 0.356 bits per heavy atom. The number of ether oxygens (including phenoxy) is 4. The minimum absolute atomic E-state index is 0.172. The van der Waals surface area contributed by atoms with Gasteiger partial charge in [0.25, 0.3) is 6.29 Å². The van der Waals surface area contributed by atoms with E-state index in [9.17, 15) is 19.5 Å². The summed E-state index contributed by atoms with van der Waals surface area (Å²) in [5, 5.41) is 9.72. The van der Waals surface area contributed by atoms with E-state index < -0.39 is 18.4 Å². The van der Waals surface area contributed by atoms with Crippen LogP contribution in [-0.2, 0) is 33.3 Å². The number of carboxylic acids is 1. The zero-order valence-corrected chi connectivity index (χ0v) is 49.6. The Bertz CT molecular complexity index is 1160. The Morgan fingerprint density at radius 2 is 0.616 bits per heavy atom. The predicted molar refractivity (Wildman–Crippen MR) is 309 cm³/mol. The van der Waals surface area contributed by atoms with Gasteiger partial charge >= 0.3 is 17.9 Å². The number of quaternary nitrogens is 1. The van der Waals surface area contributed by atoms with Crippen molar-refractivity contribution in [1.29, 1.82) is 0 Å². The highest BCUT2D eigenvalue weighted by molar-refractivity contribution is 5.71. The molecule has 1 N–H and O–H groups in total. The Balaban J connectivity index is 4.11. The Hall–Kier alpha value is -1.71. The molecule has 0 spiro atoms. The van der Waals surface area contributed by atoms with E-state index in [2.05, 4.69) is 13.8 Å². The van der Waals surface area contributed by atoms with Crippen LogP contribution >= 0.6 is 0 Å². The molecule has 0 fully saturated rings. The minimum Gasteiger partial charge on any atom is -0.477 e. The van der Waals surface area contributed by atoms with Crippen molar-refractivity contribution in [2.45, 2.75) is 347 Å². The molecule has 0 aromatic rings. The molecule has 0 rings (SSSR count). The number of nitrogens with zero attached hydrogens (tertiary/aromatic N) is 1. The molecular weight excluding hydrogens is 911 g/mol. The van der Waals surface area contributed by atoms with E-state index in [1.54, 1.807) is 0 Å². The second-order valence-electron chi connectivity index (χ2n) is 23.4. The molecule has 0 saturated carbocycles. The van der Waals surface area contributed by atoms with Gasteiger partial charge in [-0.3, -0.25) is 9.59 Å². The average molecular weight is 1040 g/mol. The third-order valence-corrected chi connectivity index (χ3v) is 14.9. The number of carbonyl (C=O) groups excluding carboxylic acids is 2. The van der Waals surface area contributed by atoms with Crippen LogP contribution in [0, 0.1) is 0 Å². The van der Waals surface area contributed by atoms with Gasteiger partial charge < -0.3 is 28.5 Å². The molecule has 9 heteroatoms. The summed E-state index contributed by atoms with van der Waals surface area (Å²) in [6.07, 6.45) is 62.0. The Kier molecular flexibility index (Phi) is 55.2. The lowest BCUT2D eigenvalue weighted by molar-refractivity contribution is -0.870. The fraction of sp³-hybridized carbons (Fsp3) is 0.953. The Labute approximate surface area is 453 Å². The van der Waals surface area contributed by atoms with Crippen LogP contribution in [0.5, 0.6) is 0 Å². The standard InChI is InChI=1S/C64H125NO8/c1-6-8-10-12-14-16-18-20-22-24-26-28-30-32-34-36-38-40-42-44-46-48-50-52-54-61(66)71-58-60(59-72-64(63(68)69)70-57-56-65(3,4)5)73-62(67)55-53-51-49-47-45-43-41-39-37-35-33-31-29-27-25-23-21-19-17-15-13-11-9-7-2/h60,64H,6-59H2,1-5H3/p+1. The van der Waals surface area contributed by atoms with Crippen LogP contribution < -0.4 is 0 Å². The monoisotopic (exact) mass is 1040 g/mol. The van der Waals surface area contributed by atoms with E-state index in [4.69, 9.17) is 18.9 Å². The lowest BCUT2D eigenvalue weighted by Gasteiger charge is -2.25. The molecule has 0 aliphatic heterocycles. The first-order valence-electron chi connectivity index (χ1n) is 32.2. The normalized spacial score (nSPS) is 12.6. The molecule has 73 heavy (non-hydrogen) atoms. The van der Waals surface area contributed by atoms with Gasteiger partial charge in [0.2, 0.25) is 0 Å². The van der Waals surface area contributed by atoms with Crippen molar-refractivity contribution in [2.24, 2.45) is 0 Å². The first kappa shape index (κ1) is 71.3. The highest BCUT2D eigenvalue weighted by Gasteiger charge is 2.25. The molecule has 0 saturated heterocycles. The second kappa shape index (κ2) is 56.5. The fourth-order valence-corrected chi connectivity index (χ4v) is 9.90. The van der Waals surface area contributed by atoms with Gasteiger partial charge in [-0.15, -0.1) is 0 Å². The lowest BCUT2D eigenvalue weighted by Crippen LogP contribution is -2.40. The van der Waals surface area contributed by atoms with Crippen molar-refractivity contribution >= 4 is 17.9 Å². The smallest absolute Gasteiger partial charge is 0.361 e. The van der Waals surface area contributed by atoms with E-state index in [1.807, 2.05) is 21.1 Å². The van der Waals surface area contributed by atoms with Gasteiger partial charge in [0, 0.05) is 12.8 Å². The molecule has 0 heterocycles. The van der Waals surface area contributed by atoms with Crippen LogP contribution in [0.25, 0.3) is 0 Å². The summed E-state index contributed by atoms with van der Waals surface area (Å²) in [4.78, 5) is 37.5. The molecule has 0 radical (unpaired) electrons. The average Bonchev–Trinajstić information content (AvgIpc) is 3.36. The van der Waals surface area contributed by atoms with E-state index in [-0.39, 0.29) is 38.2 Å². The molecule has 0 bridgehead atoms. The maximum Gasteiger partial charge on any atom is 0.361 e. The van der Waals surface area contributed by atoms with Crippen LogP contribution in [-0.4, -0.2) is 87.4 Å². The van der Waals surface area contributed by atoms with Gasteiger partial charge in [0.1, 0.15) is 13.2 Å². The molecule has 0 aliphatic rings. The van der Waals surface area contributed by atoms with Crippen LogP contribution in [0.3, 0.4) is 0 Å². The lowest BCUT2D eigenvalue weighted by atomic mass is 10.0. The van der Waals surface area contributed by atoms with E-state index in [1.165, 1.54) is 270 Å². The molecule has 0 aromatic heterocycles. The predicted octanol–water partition coefficient (Wildman–Crippen LogP) is 19.1. The number of hydrogen-bond acceptors (Lipinski definition) is 7. The van der Waals surface area contributed by atoms with Gasteiger partial charge in [0.05, 0.1) is 34.4 Å². The van der Waals surface area contributed by atoms with Gasteiger partial charge in [-0.1, -0.05) is 309 Å². The summed E-state index contributed by atoms with van der Waals surface area (Å²) in [7, 11) is 5.99. The number of rotatable bonds is 61. The number of carboxylic acid groups (broad SMARTS) is 1. The van der Waals surface area contributed by atoms with E-state index in [0.717, 1.165) is 38.5 Å². The van der Waals surface area contributed by atoms with Crippen molar-refractivity contribution in [3.05, 3.63) is 0 Å². The molecule has 0 aromatic carbocycles. The zero-order valence-electron chi connectivity index (χ0n) is 49.6. The van der Waals surface area contributed by atoms with Crippen LogP contribution in [0.2, 0.25) is 0 Å². The number of aliphatic carboxylic acids is 1. The van der Waals surface area contributed by atoms with Crippen molar-refractivity contribution in [3.8, 4) is 0 Å². The number of carbonyl (C=O) groups is 3. The van der Waals surface area contributed by atoms with Gasteiger partial charge in [-0.25, -0.2) is 4.79 Å².